The zero-order chi connectivity index (χ0) is 14.5. The van der Waals surface area contributed by atoms with Gasteiger partial charge in [0, 0.05) is 12.3 Å². The lowest BCUT2D eigenvalue weighted by atomic mass is 10.1. The number of aliphatic hydroxyl groups excluding tert-OH is 1. The van der Waals surface area contributed by atoms with Crippen molar-refractivity contribution in [2.24, 2.45) is 0 Å². The van der Waals surface area contributed by atoms with Crippen LogP contribution in [0.2, 0.25) is 0 Å². The molecule has 20 heavy (non-hydrogen) atoms. The maximum absolute atomic E-state index is 11.5. The molecule has 1 heterocycles. The van der Waals surface area contributed by atoms with Gasteiger partial charge in [-0.1, -0.05) is 12.1 Å². The first-order valence-electron chi connectivity index (χ1n) is 6.65. The van der Waals surface area contributed by atoms with Crippen LogP contribution in [0.15, 0.2) is 47.4 Å². The molecule has 0 saturated carbocycles. The second-order valence-electron chi connectivity index (χ2n) is 4.78. The van der Waals surface area contributed by atoms with E-state index >= 15 is 0 Å². The maximum Gasteiger partial charge on any atom is 0.250 e. The zero-order valence-corrected chi connectivity index (χ0v) is 11.7. The molecule has 4 nitrogen and oxygen atoms in total. The van der Waals surface area contributed by atoms with E-state index in [1.165, 1.54) is 6.07 Å². The molecule has 0 aliphatic rings. The first-order valence-corrected chi connectivity index (χ1v) is 6.65. The Bertz CT molecular complexity index is 632. The molecule has 0 bridgehead atoms. The summed E-state index contributed by atoms with van der Waals surface area (Å²) in [6.45, 7) is 4.61. The molecule has 2 aromatic rings. The van der Waals surface area contributed by atoms with Crippen LogP contribution in [0.3, 0.4) is 0 Å². The predicted molar refractivity (Wildman–Crippen MR) is 78.0 cm³/mol. The van der Waals surface area contributed by atoms with Gasteiger partial charge in [-0.15, -0.1) is 0 Å². The Hall–Kier alpha value is -2.07. The Morgan fingerprint density at radius 2 is 2.10 bits per heavy atom. The number of rotatable bonds is 5. The first kappa shape index (κ1) is 14.3. The molecule has 0 fully saturated rings. The molecule has 0 spiro atoms. The summed E-state index contributed by atoms with van der Waals surface area (Å²) in [7, 11) is 0. The van der Waals surface area contributed by atoms with E-state index in [-0.39, 0.29) is 5.56 Å². The monoisotopic (exact) mass is 273 g/mol. The normalized spacial score (nSPS) is 12.2. The summed E-state index contributed by atoms with van der Waals surface area (Å²) in [5.41, 5.74) is 1.82. The number of aromatic nitrogens is 1. The fraction of sp³-hybridized carbons (Fsp3) is 0.312. The minimum atomic E-state index is -0.481. The van der Waals surface area contributed by atoms with Crippen LogP contribution < -0.4 is 10.3 Å². The summed E-state index contributed by atoms with van der Waals surface area (Å²) in [6, 6.07) is 10.7. The van der Waals surface area contributed by atoms with E-state index in [0.717, 1.165) is 16.9 Å². The van der Waals surface area contributed by atoms with Crippen molar-refractivity contribution >= 4 is 0 Å². The van der Waals surface area contributed by atoms with E-state index in [9.17, 15) is 9.90 Å². The molecular formula is C16H19NO3. The van der Waals surface area contributed by atoms with Gasteiger partial charge < -0.3 is 14.4 Å². The summed E-state index contributed by atoms with van der Waals surface area (Å²) in [5, 5.41) is 9.52. The highest BCUT2D eigenvalue weighted by molar-refractivity contribution is 5.36. The molecule has 0 aliphatic carbocycles. The highest BCUT2D eigenvalue weighted by Gasteiger charge is 2.05. The SMILES string of the molecule is Cc1cc(C(C)O)ccc1OCCn1ccccc1=O. The van der Waals surface area contributed by atoms with Crippen LogP contribution in [0.5, 0.6) is 5.75 Å². The Balaban J connectivity index is 1.98. The van der Waals surface area contributed by atoms with Gasteiger partial charge in [0.15, 0.2) is 0 Å². The van der Waals surface area contributed by atoms with Crippen molar-refractivity contribution in [2.75, 3.05) is 6.61 Å². The van der Waals surface area contributed by atoms with Gasteiger partial charge in [0.05, 0.1) is 12.6 Å². The highest BCUT2D eigenvalue weighted by Crippen LogP contribution is 2.22. The quantitative estimate of drug-likeness (QED) is 0.909. The van der Waals surface area contributed by atoms with Crippen LogP contribution in [0.25, 0.3) is 0 Å². The second kappa shape index (κ2) is 6.39. The number of ether oxygens (including phenoxy) is 1. The third kappa shape index (κ3) is 3.48. The van der Waals surface area contributed by atoms with Crippen molar-refractivity contribution in [2.45, 2.75) is 26.5 Å². The molecule has 0 radical (unpaired) electrons. The van der Waals surface area contributed by atoms with Crippen LogP contribution in [0.4, 0.5) is 0 Å². The zero-order valence-electron chi connectivity index (χ0n) is 11.7. The number of aliphatic hydroxyl groups is 1. The second-order valence-corrected chi connectivity index (χ2v) is 4.78. The number of pyridine rings is 1. The van der Waals surface area contributed by atoms with Crippen molar-refractivity contribution < 1.29 is 9.84 Å². The average Bonchev–Trinajstić information content (AvgIpc) is 2.42. The Labute approximate surface area is 118 Å². The minimum absolute atomic E-state index is 0.0303. The molecular weight excluding hydrogens is 254 g/mol. The third-order valence-electron chi connectivity index (χ3n) is 3.17. The van der Waals surface area contributed by atoms with E-state index < -0.39 is 6.10 Å². The van der Waals surface area contributed by atoms with Gasteiger partial charge in [-0.2, -0.15) is 0 Å². The van der Waals surface area contributed by atoms with E-state index in [1.54, 1.807) is 23.8 Å². The highest BCUT2D eigenvalue weighted by atomic mass is 16.5. The van der Waals surface area contributed by atoms with Crippen LogP contribution >= 0.6 is 0 Å². The van der Waals surface area contributed by atoms with E-state index in [4.69, 9.17) is 4.74 Å². The lowest BCUT2D eigenvalue weighted by Crippen LogP contribution is -2.21. The molecule has 1 aromatic heterocycles. The summed E-state index contributed by atoms with van der Waals surface area (Å²) < 4.78 is 7.30. The lowest BCUT2D eigenvalue weighted by Gasteiger charge is -2.12. The Morgan fingerprint density at radius 1 is 1.30 bits per heavy atom. The van der Waals surface area contributed by atoms with Gasteiger partial charge in [-0.3, -0.25) is 4.79 Å². The average molecular weight is 273 g/mol. The van der Waals surface area contributed by atoms with Crippen molar-refractivity contribution in [1.29, 1.82) is 0 Å². The first-order chi connectivity index (χ1) is 9.58. The molecule has 2 rings (SSSR count). The van der Waals surface area contributed by atoms with E-state index in [1.807, 2.05) is 31.2 Å². The van der Waals surface area contributed by atoms with Gasteiger partial charge >= 0.3 is 0 Å². The largest absolute Gasteiger partial charge is 0.491 e. The molecule has 0 aliphatic heterocycles. The molecule has 106 valence electrons. The van der Waals surface area contributed by atoms with Gasteiger partial charge in [-0.05, 0) is 43.2 Å². The van der Waals surface area contributed by atoms with Crippen LogP contribution in [0, 0.1) is 6.92 Å². The van der Waals surface area contributed by atoms with E-state index in [2.05, 4.69) is 0 Å². The molecule has 0 saturated heterocycles. The van der Waals surface area contributed by atoms with Crippen molar-refractivity contribution in [3.8, 4) is 5.75 Å². The molecule has 4 heteroatoms. The summed E-state index contributed by atoms with van der Waals surface area (Å²) in [6.07, 6.45) is 1.26. The number of nitrogens with zero attached hydrogens (tertiary/aromatic N) is 1. The number of hydrogen-bond donors (Lipinski definition) is 1. The summed E-state index contributed by atoms with van der Waals surface area (Å²) in [5.74, 6) is 0.776. The maximum atomic E-state index is 11.5. The van der Waals surface area contributed by atoms with Crippen LogP contribution in [-0.2, 0) is 6.54 Å². The molecule has 1 unspecified atom stereocenters. The smallest absolute Gasteiger partial charge is 0.250 e. The van der Waals surface area contributed by atoms with Crippen LogP contribution in [0.1, 0.15) is 24.2 Å². The third-order valence-corrected chi connectivity index (χ3v) is 3.17. The Kier molecular flexibility index (Phi) is 4.58. The fourth-order valence-corrected chi connectivity index (χ4v) is 1.99. The Morgan fingerprint density at radius 3 is 2.75 bits per heavy atom. The van der Waals surface area contributed by atoms with Gasteiger partial charge in [0.25, 0.3) is 5.56 Å². The molecule has 1 aromatic carbocycles. The molecule has 1 atom stereocenters. The van der Waals surface area contributed by atoms with Crippen molar-refractivity contribution in [1.82, 2.24) is 4.57 Å². The summed E-state index contributed by atoms with van der Waals surface area (Å²) in [4.78, 5) is 11.5. The van der Waals surface area contributed by atoms with Gasteiger partial charge in [-0.25, -0.2) is 0 Å². The minimum Gasteiger partial charge on any atom is -0.491 e. The topological polar surface area (TPSA) is 51.5 Å². The van der Waals surface area contributed by atoms with Crippen molar-refractivity contribution in [3.05, 3.63) is 64.1 Å². The number of benzene rings is 1. The number of aryl methyl sites for hydroxylation is 1. The number of hydrogen-bond acceptors (Lipinski definition) is 3. The van der Waals surface area contributed by atoms with Crippen molar-refractivity contribution in [3.63, 3.8) is 0 Å². The lowest BCUT2D eigenvalue weighted by molar-refractivity contribution is 0.199. The molecule has 1 N–H and O–H groups in total. The van der Waals surface area contributed by atoms with Gasteiger partial charge in [0.2, 0.25) is 0 Å². The van der Waals surface area contributed by atoms with E-state index in [0.29, 0.717) is 13.2 Å². The summed E-state index contributed by atoms with van der Waals surface area (Å²) >= 11 is 0. The standard InChI is InChI=1S/C16H19NO3/c1-12-11-14(13(2)18)6-7-15(12)20-10-9-17-8-4-3-5-16(17)19/h3-8,11,13,18H,9-10H2,1-2H3. The predicted octanol–water partition coefficient (Wildman–Crippen LogP) is 2.29. The van der Waals surface area contributed by atoms with Gasteiger partial charge in [0.1, 0.15) is 12.4 Å². The fourth-order valence-electron chi connectivity index (χ4n) is 1.99. The molecule has 0 amide bonds. The van der Waals surface area contributed by atoms with Crippen LogP contribution in [-0.4, -0.2) is 16.3 Å².